The van der Waals surface area contributed by atoms with E-state index in [1.165, 1.54) is 23.5 Å². The highest BCUT2D eigenvalue weighted by Crippen LogP contribution is 2.16. The quantitative estimate of drug-likeness (QED) is 0.231. The Balaban J connectivity index is 3.03. The van der Waals surface area contributed by atoms with E-state index in [2.05, 4.69) is 11.5 Å². The second-order valence-corrected chi connectivity index (χ2v) is 7.69. The van der Waals surface area contributed by atoms with Crippen LogP contribution in [0, 0.1) is 0 Å². The molecule has 0 rings (SSSR count). The van der Waals surface area contributed by atoms with E-state index < -0.39 is 5.97 Å². The first-order valence-corrected chi connectivity index (χ1v) is 9.70. The van der Waals surface area contributed by atoms with Gasteiger partial charge in [-0.3, -0.25) is 4.79 Å². The molecule has 0 amide bonds. The molecule has 0 unspecified atom stereocenters. The Hall–Kier alpha value is 0.370. The van der Waals surface area contributed by atoms with Crippen molar-refractivity contribution >= 4 is 53.0 Å². The first-order chi connectivity index (χ1) is 8.66. The van der Waals surface area contributed by atoms with E-state index in [1.807, 2.05) is 23.5 Å². The summed E-state index contributed by atoms with van der Waals surface area (Å²) in [4.78, 5) is 14.2. The van der Waals surface area contributed by atoms with E-state index >= 15 is 0 Å². The van der Waals surface area contributed by atoms with Crippen LogP contribution < -0.4 is 0 Å². The van der Waals surface area contributed by atoms with E-state index in [0.29, 0.717) is 5.09 Å². The normalized spacial score (nSPS) is 10.3. The van der Waals surface area contributed by atoms with Crippen LogP contribution in [0.25, 0.3) is 0 Å². The second kappa shape index (κ2) is 13.8. The molecule has 0 aromatic carbocycles. The highest BCUT2D eigenvalue weighted by Gasteiger charge is 1.98. The van der Waals surface area contributed by atoms with Crippen LogP contribution in [0.1, 0.15) is 0 Å². The lowest BCUT2D eigenvalue weighted by molar-refractivity contribution is -0.191. The summed E-state index contributed by atoms with van der Waals surface area (Å²) in [6.45, 7) is 3.49. The van der Waals surface area contributed by atoms with Crippen molar-refractivity contribution in [2.24, 2.45) is 0 Å². The number of carboxylic acids is 1. The molecule has 0 aliphatic carbocycles. The van der Waals surface area contributed by atoms with Gasteiger partial charge in [0.2, 0.25) is 0 Å². The van der Waals surface area contributed by atoms with E-state index in [1.54, 1.807) is 0 Å². The predicted octanol–water partition coefficient (Wildman–Crippen LogP) is 2.96. The molecule has 0 aromatic heterocycles. The van der Waals surface area contributed by atoms with Gasteiger partial charge in [-0.2, -0.15) is 23.5 Å². The molecular weight excluding hydrogens is 312 g/mol. The fourth-order valence-electron chi connectivity index (χ4n) is 0.840. The molecular formula is C10H18O4S4. The molecule has 0 bridgehead atoms. The zero-order chi connectivity index (χ0) is 13.6. The molecule has 0 atom stereocenters. The van der Waals surface area contributed by atoms with Gasteiger partial charge in [-0.05, 0) is 6.58 Å². The van der Waals surface area contributed by atoms with Crippen LogP contribution in [-0.4, -0.2) is 56.6 Å². The van der Waals surface area contributed by atoms with Crippen LogP contribution in [0.4, 0.5) is 0 Å². The molecule has 0 aliphatic heterocycles. The molecule has 0 radical (unpaired) electrons. The Morgan fingerprint density at radius 2 is 1.50 bits per heavy atom. The monoisotopic (exact) mass is 330 g/mol. The molecule has 8 heteroatoms. The second-order valence-electron chi connectivity index (χ2n) is 2.98. The first kappa shape index (κ1) is 18.4. The highest BCUT2D eigenvalue weighted by atomic mass is 32.2. The summed E-state index contributed by atoms with van der Waals surface area (Å²) in [7, 11) is 0. The minimum absolute atomic E-state index is 0.198. The molecule has 0 spiro atoms. The summed E-state index contributed by atoms with van der Waals surface area (Å²) in [5.74, 6) is 5.40. The molecule has 0 saturated carbocycles. The maximum atomic E-state index is 10.2. The van der Waals surface area contributed by atoms with Crippen molar-refractivity contribution in [2.75, 3.05) is 40.3 Å². The molecule has 0 aliphatic rings. The lowest BCUT2D eigenvalue weighted by Crippen LogP contribution is -2.00. The Labute approximate surface area is 125 Å². The Morgan fingerprint density at radius 1 is 1.00 bits per heavy atom. The topological polar surface area (TPSA) is 66.8 Å². The van der Waals surface area contributed by atoms with Crippen molar-refractivity contribution in [3.63, 3.8) is 0 Å². The SMILES string of the molecule is C=C(OO)SCCSCCSCCSCC(=O)O. The van der Waals surface area contributed by atoms with Gasteiger partial charge in [0.1, 0.15) is 0 Å². The van der Waals surface area contributed by atoms with Crippen LogP contribution >= 0.6 is 47.0 Å². The van der Waals surface area contributed by atoms with Gasteiger partial charge in [0.25, 0.3) is 0 Å². The largest absolute Gasteiger partial charge is 0.481 e. The van der Waals surface area contributed by atoms with Gasteiger partial charge in [-0.25, -0.2) is 5.26 Å². The van der Waals surface area contributed by atoms with Crippen molar-refractivity contribution in [3.8, 4) is 0 Å². The highest BCUT2D eigenvalue weighted by molar-refractivity contribution is 8.06. The molecule has 2 N–H and O–H groups in total. The third-order valence-corrected chi connectivity index (χ3v) is 6.06. The molecule has 0 heterocycles. The van der Waals surface area contributed by atoms with Crippen molar-refractivity contribution in [2.45, 2.75) is 0 Å². The van der Waals surface area contributed by atoms with Crippen LogP contribution in [0.2, 0.25) is 0 Å². The lowest BCUT2D eigenvalue weighted by atomic mass is 10.8. The number of thioether (sulfide) groups is 4. The fraction of sp³-hybridized carbons (Fsp3) is 0.700. The first-order valence-electron chi connectivity index (χ1n) is 5.25. The van der Waals surface area contributed by atoms with Gasteiger partial charge >= 0.3 is 5.97 Å². The zero-order valence-electron chi connectivity index (χ0n) is 10.0. The van der Waals surface area contributed by atoms with Gasteiger partial charge < -0.3 is 9.99 Å². The maximum absolute atomic E-state index is 10.2. The summed E-state index contributed by atoms with van der Waals surface area (Å²) in [6, 6.07) is 0. The maximum Gasteiger partial charge on any atom is 0.313 e. The summed E-state index contributed by atoms with van der Waals surface area (Å²) in [5, 5.41) is 17.0. The molecule has 0 saturated heterocycles. The molecule has 106 valence electrons. The summed E-state index contributed by atoms with van der Waals surface area (Å²) in [5.41, 5.74) is 0. The zero-order valence-corrected chi connectivity index (χ0v) is 13.3. The lowest BCUT2D eigenvalue weighted by Gasteiger charge is -2.02. The van der Waals surface area contributed by atoms with Gasteiger partial charge in [-0.1, -0.05) is 11.8 Å². The summed E-state index contributed by atoms with van der Waals surface area (Å²) >= 11 is 6.57. The van der Waals surface area contributed by atoms with Crippen molar-refractivity contribution in [3.05, 3.63) is 11.7 Å². The van der Waals surface area contributed by atoms with Crippen molar-refractivity contribution in [1.82, 2.24) is 0 Å². The van der Waals surface area contributed by atoms with Crippen molar-refractivity contribution < 1.29 is 20.0 Å². The van der Waals surface area contributed by atoms with Crippen LogP contribution in [0.5, 0.6) is 0 Å². The Bertz CT molecular complexity index is 238. The number of carboxylic acid groups (broad SMARTS) is 1. The fourth-order valence-corrected chi connectivity index (χ4v) is 4.54. The molecule has 0 aromatic rings. The molecule has 4 nitrogen and oxygen atoms in total. The van der Waals surface area contributed by atoms with E-state index in [4.69, 9.17) is 10.4 Å². The van der Waals surface area contributed by atoms with Gasteiger partial charge in [0.15, 0.2) is 5.09 Å². The van der Waals surface area contributed by atoms with Gasteiger partial charge in [0, 0.05) is 34.5 Å². The number of aliphatic carboxylic acids is 1. The minimum Gasteiger partial charge on any atom is -0.481 e. The average Bonchev–Trinajstić information content (AvgIpc) is 2.35. The van der Waals surface area contributed by atoms with E-state index in [0.717, 1.165) is 34.5 Å². The number of rotatable bonds is 13. The smallest absolute Gasteiger partial charge is 0.313 e. The Morgan fingerprint density at radius 3 is 2.00 bits per heavy atom. The minimum atomic E-state index is -0.744. The van der Waals surface area contributed by atoms with E-state index in [9.17, 15) is 4.79 Å². The van der Waals surface area contributed by atoms with Crippen LogP contribution in [0.3, 0.4) is 0 Å². The number of carbonyl (C=O) groups is 1. The van der Waals surface area contributed by atoms with Gasteiger partial charge in [-0.15, -0.1) is 11.8 Å². The average molecular weight is 331 g/mol. The van der Waals surface area contributed by atoms with Crippen molar-refractivity contribution in [1.29, 1.82) is 0 Å². The number of hydrogen-bond acceptors (Lipinski definition) is 7. The Kier molecular flexibility index (Phi) is 14.1. The van der Waals surface area contributed by atoms with Crippen LogP contribution in [0.15, 0.2) is 11.7 Å². The number of hydrogen-bond donors (Lipinski definition) is 2. The van der Waals surface area contributed by atoms with Crippen LogP contribution in [-0.2, 0) is 9.68 Å². The predicted molar refractivity (Wildman–Crippen MR) is 84.9 cm³/mol. The summed E-state index contributed by atoms with van der Waals surface area (Å²) < 4.78 is 0. The molecule has 0 fully saturated rings. The summed E-state index contributed by atoms with van der Waals surface area (Å²) in [6.07, 6.45) is 0. The van der Waals surface area contributed by atoms with Gasteiger partial charge in [0.05, 0.1) is 5.75 Å². The standard InChI is InChI=1S/C10H18O4S4/c1-9(14-13)18-7-6-16-3-2-15-4-5-17-8-10(11)12/h13H,1-8H2,(H,11,12). The third-order valence-electron chi connectivity index (χ3n) is 1.56. The van der Waals surface area contributed by atoms with E-state index in [-0.39, 0.29) is 5.75 Å². The third kappa shape index (κ3) is 14.4. The molecule has 18 heavy (non-hydrogen) atoms.